The molecule has 0 bridgehead atoms. The number of nitro groups is 1. The number of methoxy groups -OCH3 is 1. The monoisotopic (exact) mass is 458 g/mol. The highest BCUT2D eigenvalue weighted by Gasteiger charge is 2.28. The summed E-state index contributed by atoms with van der Waals surface area (Å²) in [5, 5.41) is 17.5. The van der Waals surface area contributed by atoms with Crippen LogP contribution >= 0.6 is 0 Å². The zero-order valence-corrected chi connectivity index (χ0v) is 16.8. The highest BCUT2D eigenvalue weighted by Crippen LogP contribution is 2.29. The van der Waals surface area contributed by atoms with Crippen LogP contribution in [0, 0.1) is 22.9 Å². The molecule has 9 nitrogen and oxygen atoms in total. The molecule has 2 rings (SSSR count). The van der Waals surface area contributed by atoms with E-state index in [1.807, 2.05) is 0 Å². The smallest absolute Gasteiger partial charge is 0.405 e. The highest BCUT2D eigenvalue weighted by atomic mass is 19.4. The van der Waals surface area contributed by atoms with Gasteiger partial charge in [0.1, 0.15) is 18.1 Å². The lowest BCUT2D eigenvalue weighted by Crippen LogP contribution is -2.33. The Balaban J connectivity index is 2.10. The fraction of sp³-hybridized carbons (Fsp3) is 0.263. The minimum Gasteiger partial charge on any atom is -0.494 e. The lowest BCUT2D eigenvalue weighted by Gasteiger charge is -2.14. The minimum atomic E-state index is -4.63. The number of carbonyl (C=O) groups is 2. The van der Waals surface area contributed by atoms with Gasteiger partial charge in [-0.1, -0.05) is 0 Å². The largest absolute Gasteiger partial charge is 0.494 e. The summed E-state index contributed by atoms with van der Waals surface area (Å²) in [7, 11) is 1.26. The molecule has 2 amide bonds. The maximum absolute atomic E-state index is 14.1. The zero-order valence-electron chi connectivity index (χ0n) is 16.8. The Kier molecular flexibility index (Phi) is 7.57. The minimum absolute atomic E-state index is 0.0213. The molecule has 32 heavy (non-hydrogen) atoms. The number of ether oxygens (including phenoxy) is 1. The third-order valence-corrected chi connectivity index (χ3v) is 4.17. The van der Waals surface area contributed by atoms with Gasteiger partial charge < -0.3 is 20.7 Å². The molecule has 0 aromatic heterocycles. The molecule has 0 fully saturated rings. The van der Waals surface area contributed by atoms with Crippen LogP contribution in [0.5, 0.6) is 5.75 Å². The first kappa shape index (κ1) is 24.4. The van der Waals surface area contributed by atoms with E-state index in [0.717, 1.165) is 24.3 Å². The lowest BCUT2D eigenvalue weighted by atomic mass is 10.1. The second kappa shape index (κ2) is 9.94. The summed E-state index contributed by atoms with van der Waals surface area (Å²) in [5.41, 5.74) is -0.402. The molecular formula is C19H18F4N4O5. The summed E-state index contributed by atoms with van der Waals surface area (Å²) in [6.07, 6.45) is -4.63. The predicted octanol–water partition coefficient (Wildman–Crippen LogP) is 3.39. The standard InChI is InChI=1S/C19H18F4N4O5/c1-10-13(20)5-11(18(29)25-9-19(21,22)23)6-15(10)24-8-17(28)26-14-4-3-12(27(30)31)7-16(14)32-2/h3-7,24H,8-9H2,1-2H3,(H,25,29)(H,26,28). The van der Waals surface area contributed by atoms with Crippen molar-refractivity contribution in [1.29, 1.82) is 0 Å². The van der Waals surface area contributed by atoms with Crippen LogP contribution in [0.15, 0.2) is 30.3 Å². The summed E-state index contributed by atoms with van der Waals surface area (Å²) in [4.78, 5) is 34.3. The van der Waals surface area contributed by atoms with Gasteiger partial charge in [-0.15, -0.1) is 0 Å². The van der Waals surface area contributed by atoms with E-state index in [9.17, 15) is 37.3 Å². The first-order valence-corrected chi connectivity index (χ1v) is 8.92. The number of halogens is 4. The van der Waals surface area contributed by atoms with Gasteiger partial charge in [0.2, 0.25) is 5.91 Å². The van der Waals surface area contributed by atoms with Crippen LogP contribution in [0.25, 0.3) is 0 Å². The van der Waals surface area contributed by atoms with Crippen molar-refractivity contribution in [2.75, 3.05) is 30.8 Å². The molecule has 0 radical (unpaired) electrons. The average Bonchev–Trinajstić information content (AvgIpc) is 2.72. The van der Waals surface area contributed by atoms with E-state index < -0.39 is 41.8 Å². The molecule has 0 heterocycles. The maximum atomic E-state index is 14.1. The third kappa shape index (κ3) is 6.55. The van der Waals surface area contributed by atoms with Gasteiger partial charge in [-0.2, -0.15) is 13.2 Å². The van der Waals surface area contributed by atoms with Crippen LogP contribution < -0.4 is 20.7 Å². The van der Waals surface area contributed by atoms with E-state index in [2.05, 4.69) is 10.6 Å². The van der Waals surface area contributed by atoms with Crippen molar-refractivity contribution in [2.45, 2.75) is 13.1 Å². The quantitative estimate of drug-likeness (QED) is 0.317. The molecule has 2 aromatic carbocycles. The first-order valence-electron chi connectivity index (χ1n) is 8.92. The molecule has 0 saturated heterocycles. The number of benzene rings is 2. The Morgan fingerprint density at radius 2 is 1.84 bits per heavy atom. The molecule has 0 aliphatic carbocycles. The molecule has 3 N–H and O–H groups in total. The number of alkyl halides is 3. The third-order valence-electron chi connectivity index (χ3n) is 4.17. The predicted molar refractivity (Wildman–Crippen MR) is 106 cm³/mol. The van der Waals surface area contributed by atoms with E-state index >= 15 is 0 Å². The number of hydrogen-bond donors (Lipinski definition) is 3. The van der Waals surface area contributed by atoms with E-state index in [1.54, 1.807) is 5.32 Å². The summed E-state index contributed by atoms with van der Waals surface area (Å²) in [6, 6.07) is 5.45. The Labute approximate surface area is 178 Å². The fourth-order valence-corrected chi connectivity index (χ4v) is 2.54. The van der Waals surface area contributed by atoms with E-state index in [4.69, 9.17) is 4.74 Å². The van der Waals surface area contributed by atoms with Gasteiger partial charge in [0.15, 0.2) is 0 Å². The van der Waals surface area contributed by atoms with E-state index in [1.165, 1.54) is 20.1 Å². The molecule has 13 heteroatoms. The van der Waals surface area contributed by atoms with Crippen molar-refractivity contribution < 1.29 is 36.8 Å². The molecule has 172 valence electrons. The van der Waals surface area contributed by atoms with Crippen LogP contribution in [0.1, 0.15) is 15.9 Å². The van der Waals surface area contributed by atoms with Gasteiger partial charge in [-0.05, 0) is 25.1 Å². The van der Waals surface area contributed by atoms with Gasteiger partial charge in [0.05, 0.1) is 30.3 Å². The number of nitrogens with one attached hydrogen (secondary N) is 3. The second-order valence-corrected chi connectivity index (χ2v) is 6.47. The Morgan fingerprint density at radius 3 is 2.44 bits per heavy atom. The van der Waals surface area contributed by atoms with E-state index in [0.29, 0.717) is 0 Å². The van der Waals surface area contributed by atoms with Crippen LogP contribution in [0.3, 0.4) is 0 Å². The van der Waals surface area contributed by atoms with Gasteiger partial charge in [-0.25, -0.2) is 4.39 Å². The van der Waals surface area contributed by atoms with Crippen molar-refractivity contribution in [3.05, 3.63) is 57.4 Å². The molecule has 0 unspecified atom stereocenters. The second-order valence-electron chi connectivity index (χ2n) is 6.47. The van der Waals surface area contributed by atoms with Crippen LogP contribution in [0.4, 0.5) is 34.6 Å². The number of amides is 2. The molecule has 0 spiro atoms. The van der Waals surface area contributed by atoms with Crippen molar-refractivity contribution >= 4 is 28.9 Å². The zero-order chi connectivity index (χ0) is 24.1. The van der Waals surface area contributed by atoms with Crippen molar-refractivity contribution in [3.8, 4) is 5.75 Å². The Bertz CT molecular complexity index is 1040. The molecule has 0 aliphatic heterocycles. The number of nitro benzene ring substituents is 1. The summed E-state index contributed by atoms with van der Waals surface area (Å²) < 4.78 is 56.0. The lowest BCUT2D eigenvalue weighted by molar-refractivity contribution is -0.384. The van der Waals surface area contributed by atoms with Crippen molar-refractivity contribution in [1.82, 2.24) is 5.32 Å². The number of carbonyl (C=O) groups excluding carboxylic acids is 2. The molecule has 0 aliphatic rings. The van der Waals surface area contributed by atoms with Gasteiger partial charge in [0, 0.05) is 22.9 Å². The number of non-ortho nitro benzene ring substituents is 1. The fourth-order valence-electron chi connectivity index (χ4n) is 2.54. The SMILES string of the molecule is COc1cc([N+](=O)[O-])ccc1NC(=O)CNc1cc(C(=O)NCC(F)(F)F)cc(F)c1C. The first-order chi connectivity index (χ1) is 14.9. The summed E-state index contributed by atoms with van der Waals surface area (Å²) in [5.74, 6) is -2.59. The number of hydrogen-bond acceptors (Lipinski definition) is 6. The maximum Gasteiger partial charge on any atom is 0.405 e. The molecule has 0 saturated carbocycles. The number of rotatable bonds is 8. The van der Waals surface area contributed by atoms with Crippen molar-refractivity contribution in [2.24, 2.45) is 0 Å². The van der Waals surface area contributed by atoms with Crippen molar-refractivity contribution in [3.63, 3.8) is 0 Å². The topological polar surface area (TPSA) is 123 Å². The normalized spacial score (nSPS) is 10.9. The van der Waals surface area contributed by atoms with Crippen LogP contribution in [-0.4, -0.2) is 43.1 Å². The van der Waals surface area contributed by atoms with Gasteiger partial charge in [-0.3, -0.25) is 19.7 Å². The van der Waals surface area contributed by atoms with Crippen LogP contribution in [-0.2, 0) is 4.79 Å². The number of nitrogens with zero attached hydrogens (tertiary/aromatic N) is 1. The summed E-state index contributed by atoms with van der Waals surface area (Å²) in [6.45, 7) is -0.635. The highest BCUT2D eigenvalue weighted by molar-refractivity contribution is 5.97. The Morgan fingerprint density at radius 1 is 1.16 bits per heavy atom. The van der Waals surface area contributed by atoms with Crippen LogP contribution in [0.2, 0.25) is 0 Å². The van der Waals surface area contributed by atoms with E-state index in [-0.39, 0.29) is 33.9 Å². The Hall–Kier alpha value is -3.90. The molecule has 0 atom stereocenters. The van der Waals surface area contributed by atoms with Gasteiger partial charge in [0.25, 0.3) is 11.6 Å². The average molecular weight is 458 g/mol. The molecule has 2 aromatic rings. The van der Waals surface area contributed by atoms with Gasteiger partial charge >= 0.3 is 6.18 Å². The summed E-state index contributed by atoms with van der Waals surface area (Å²) >= 11 is 0. The number of anilines is 2. The molecular weight excluding hydrogens is 440 g/mol.